The smallest absolute Gasteiger partial charge is 0.410 e. The third-order valence-electron chi connectivity index (χ3n) is 3.59. The molecule has 0 saturated carbocycles. The number of nitrogens with zero attached hydrogens (tertiary/aromatic N) is 3. The summed E-state index contributed by atoms with van der Waals surface area (Å²) in [7, 11) is 0. The maximum Gasteiger partial charge on any atom is 0.410 e. The molecule has 1 fully saturated rings. The molecular formula is C17H23N3O4. The molecule has 0 spiro atoms. The fraction of sp³-hybridized carbons (Fsp3) is 0.529. The van der Waals surface area contributed by atoms with Gasteiger partial charge in [-0.2, -0.15) is 0 Å². The van der Waals surface area contributed by atoms with Crippen molar-refractivity contribution in [3.05, 3.63) is 39.4 Å². The summed E-state index contributed by atoms with van der Waals surface area (Å²) in [4.78, 5) is 27.0. The zero-order chi connectivity index (χ0) is 17.7. The first-order chi connectivity index (χ1) is 11.3. The van der Waals surface area contributed by atoms with Crippen LogP contribution >= 0.6 is 0 Å². The molecule has 0 N–H and O–H groups in total. The van der Waals surface area contributed by atoms with Crippen LogP contribution in [0.2, 0.25) is 0 Å². The lowest BCUT2D eigenvalue weighted by molar-refractivity contribution is -0.384. The summed E-state index contributed by atoms with van der Waals surface area (Å²) in [5.41, 5.74) is 1.82. The van der Waals surface area contributed by atoms with Gasteiger partial charge in [0.25, 0.3) is 5.69 Å². The number of non-ortho nitro benzene ring substituents is 1. The number of carbonyl (C=O) groups excluding carboxylic acids is 1. The maximum absolute atomic E-state index is 11.1. The van der Waals surface area contributed by atoms with E-state index in [9.17, 15) is 14.9 Å². The van der Waals surface area contributed by atoms with Gasteiger partial charge in [0.1, 0.15) is 5.60 Å². The summed E-state index contributed by atoms with van der Waals surface area (Å²) in [6.07, 6.45) is 3.50. The van der Waals surface area contributed by atoms with Gasteiger partial charge in [-0.3, -0.25) is 15.1 Å². The van der Waals surface area contributed by atoms with Gasteiger partial charge in [0, 0.05) is 38.0 Å². The van der Waals surface area contributed by atoms with E-state index in [4.69, 9.17) is 4.74 Å². The van der Waals surface area contributed by atoms with Crippen molar-refractivity contribution in [3.8, 4) is 0 Å². The highest BCUT2D eigenvalue weighted by molar-refractivity contribution is 5.83. The number of nitro benzene ring substituents is 1. The van der Waals surface area contributed by atoms with Gasteiger partial charge in [-0.05, 0) is 50.8 Å². The summed E-state index contributed by atoms with van der Waals surface area (Å²) in [6.45, 7) is 8.08. The first-order valence-corrected chi connectivity index (χ1v) is 8.01. The Hall–Kier alpha value is -2.44. The van der Waals surface area contributed by atoms with E-state index in [1.54, 1.807) is 23.2 Å². The highest BCUT2D eigenvalue weighted by Crippen LogP contribution is 2.19. The number of likely N-dealkylation sites (tertiary alicyclic amines) is 1. The molecular weight excluding hydrogens is 310 g/mol. The zero-order valence-corrected chi connectivity index (χ0v) is 14.3. The van der Waals surface area contributed by atoms with Crippen LogP contribution in [0.5, 0.6) is 0 Å². The molecule has 2 aliphatic heterocycles. The second-order valence-corrected chi connectivity index (χ2v) is 6.75. The number of rotatable bonds is 1. The standard InChI is InChI=1S/C9H8N2O2.C8H15NO2/c12-11(13)9-2-1-8-6-10-4-3-7(8)5-9;1-8(2,3)11-7(10)9-5-4-6-9/h1-2,5-6H,3-4H2;4-6H2,1-3H3. The highest BCUT2D eigenvalue weighted by atomic mass is 16.6. The van der Waals surface area contributed by atoms with Gasteiger partial charge < -0.3 is 9.64 Å². The Bertz CT molecular complexity index is 646. The number of nitro groups is 1. The molecule has 1 aromatic rings. The third kappa shape index (κ3) is 5.04. The second kappa shape index (κ2) is 7.42. The summed E-state index contributed by atoms with van der Waals surface area (Å²) < 4.78 is 5.13. The lowest BCUT2D eigenvalue weighted by Crippen LogP contribution is -2.44. The molecule has 0 atom stereocenters. The lowest BCUT2D eigenvalue weighted by Gasteiger charge is -2.32. The average Bonchev–Trinajstić information content (AvgIpc) is 2.43. The number of hydrogen-bond donors (Lipinski definition) is 0. The van der Waals surface area contributed by atoms with Gasteiger partial charge in [0.15, 0.2) is 0 Å². The summed E-state index contributed by atoms with van der Waals surface area (Å²) in [5, 5.41) is 10.5. The Balaban J connectivity index is 0.000000177. The molecule has 130 valence electrons. The molecule has 24 heavy (non-hydrogen) atoms. The Labute approximate surface area is 141 Å². The first-order valence-electron chi connectivity index (χ1n) is 8.01. The largest absolute Gasteiger partial charge is 0.444 e. The van der Waals surface area contributed by atoms with E-state index >= 15 is 0 Å². The Kier molecular flexibility index (Phi) is 5.54. The van der Waals surface area contributed by atoms with Crippen molar-refractivity contribution < 1.29 is 14.5 Å². The van der Waals surface area contributed by atoms with Crippen molar-refractivity contribution in [3.63, 3.8) is 0 Å². The Morgan fingerprint density at radius 2 is 2.04 bits per heavy atom. The first kappa shape index (κ1) is 17.9. The van der Waals surface area contributed by atoms with E-state index in [2.05, 4.69) is 4.99 Å². The van der Waals surface area contributed by atoms with Crippen LogP contribution in [0.15, 0.2) is 23.2 Å². The number of hydrogen-bond acceptors (Lipinski definition) is 5. The number of amides is 1. The number of carbonyl (C=O) groups is 1. The number of fused-ring (bicyclic) bond motifs is 1. The second-order valence-electron chi connectivity index (χ2n) is 6.75. The van der Waals surface area contributed by atoms with E-state index in [1.807, 2.05) is 20.8 Å². The number of ether oxygens (including phenoxy) is 1. The monoisotopic (exact) mass is 333 g/mol. The molecule has 0 aromatic heterocycles. The predicted octanol–water partition coefficient (Wildman–Crippen LogP) is 3.20. The third-order valence-corrected chi connectivity index (χ3v) is 3.59. The van der Waals surface area contributed by atoms with E-state index in [-0.39, 0.29) is 22.3 Å². The van der Waals surface area contributed by atoms with Crippen LogP contribution in [0.1, 0.15) is 38.3 Å². The van der Waals surface area contributed by atoms with Gasteiger partial charge in [-0.1, -0.05) is 0 Å². The number of aliphatic imine (C=N–C) groups is 1. The highest BCUT2D eigenvalue weighted by Gasteiger charge is 2.25. The molecule has 2 aliphatic rings. The quantitative estimate of drug-likeness (QED) is 0.583. The minimum Gasteiger partial charge on any atom is -0.444 e. The van der Waals surface area contributed by atoms with Crippen molar-refractivity contribution >= 4 is 18.0 Å². The van der Waals surface area contributed by atoms with Gasteiger partial charge in [0.05, 0.1) is 4.92 Å². The van der Waals surface area contributed by atoms with Crippen LogP contribution in [0.3, 0.4) is 0 Å². The minimum atomic E-state index is -0.369. The molecule has 7 nitrogen and oxygen atoms in total. The van der Waals surface area contributed by atoms with Gasteiger partial charge >= 0.3 is 6.09 Å². The molecule has 0 bridgehead atoms. The van der Waals surface area contributed by atoms with Crippen LogP contribution in [0, 0.1) is 10.1 Å². The molecule has 7 heteroatoms. The maximum atomic E-state index is 11.1. The van der Waals surface area contributed by atoms with E-state index in [0.29, 0.717) is 0 Å². The zero-order valence-electron chi connectivity index (χ0n) is 14.3. The molecule has 1 aromatic carbocycles. The van der Waals surface area contributed by atoms with E-state index < -0.39 is 0 Å². The number of benzene rings is 1. The van der Waals surface area contributed by atoms with E-state index in [0.717, 1.165) is 43.6 Å². The van der Waals surface area contributed by atoms with Crippen LogP contribution in [0.25, 0.3) is 0 Å². The molecule has 3 rings (SSSR count). The molecule has 0 radical (unpaired) electrons. The van der Waals surface area contributed by atoms with Crippen LogP contribution < -0.4 is 0 Å². The average molecular weight is 333 g/mol. The van der Waals surface area contributed by atoms with Crippen molar-refractivity contribution in [2.45, 2.75) is 39.2 Å². The van der Waals surface area contributed by atoms with Crippen molar-refractivity contribution in [2.75, 3.05) is 19.6 Å². The lowest BCUT2D eigenvalue weighted by atomic mass is 10.0. The Morgan fingerprint density at radius 3 is 2.58 bits per heavy atom. The van der Waals surface area contributed by atoms with Crippen LogP contribution in [-0.2, 0) is 11.2 Å². The molecule has 0 unspecified atom stereocenters. The molecule has 2 heterocycles. The fourth-order valence-electron chi connectivity index (χ4n) is 2.22. The minimum absolute atomic E-state index is 0.161. The van der Waals surface area contributed by atoms with Crippen LogP contribution in [0.4, 0.5) is 10.5 Å². The summed E-state index contributed by atoms with van der Waals surface area (Å²) >= 11 is 0. The topological polar surface area (TPSA) is 85.0 Å². The summed E-state index contributed by atoms with van der Waals surface area (Å²) in [5.74, 6) is 0. The molecule has 1 saturated heterocycles. The van der Waals surface area contributed by atoms with Crippen LogP contribution in [-0.4, -0.2) is 47.4 Å². The van der Waals surface area contributed by atoms with E-state index in [1.165, 1.54) is 6.07 Å². The molecule has 0 aliphatic carbocycles. The molecule has 1 amide bonds. The Morgan fingerprint density at radius 1 is 1.33 bits per heavy atom. The fourth-order valence-corrected chi connectivity index (χ4v) is 2.22. The van der Waals surface area contributed by atoms with Crippen molar-refractivity contribution in [1.82, 2.24) is 4.90 Å². The van der Waals surface area contributed by atoms with Gasteiger partial charge in [-0.15, -0.1) is 0 Å². The normalized spacial score (nSPS) is 15.5. The predicted molar refractivity (Wildman–Crippen MR) is 91.7 cm³/mol. The van der Waals surface area contributed by atoms with Gasteiger partial charge in [0.2, 0.25) is 0 Å². The SMILES string of the molecule is CC(C)(C)OC(=O)N1CCC1.O=[N+]([O-])c1ccc2c(c1)CCN=C2. The van der Waals surface area contributed by atoms with Gasteiger partial charge in [-0.25, -0.2) is 4.79 Å². The summed E-state index contributed by atoms with van der Waals surface area (Å²) in [6, 6.07) is 4.88. The van der Waals surface area contributed by atoms with Crippen molar-refractivity contribution in [2.24, 2.45) is 4.99 Å². The van der Waals surface area contributed by atoms with Crippen molar-refractivity contribution in [1.29, 1.82) is 0 Å².